The Kier molecular flexibility index (Phi) is 3.69. The topological polar surface area (TPSA) is 12.5 Å². The number of ether oxygens (including phenoxy) is 1. The fourth-order valence-corrected chi connectivity index (χ4v) is 2.99. The molecule has 1 fully saturated rings. The van der Waals surface area contributed by atoms with E-state index in [0.29, 0.717) is 0 Å². The SMILES string of the molecule is COc1cc(Br)cc(Br)c1CN1CCC1. The molecule has 15 heavy (non-hydrogen) atoms. The Morgan fingerprint density at radius 1 is 1.33 bits per heavy atom. The van der Waals surface area contributed by atoms with Crippen molar-refractivity contribution in [2.24, 2.45) is 0 Å². The third-order valence-corrected chi connectivity index (χ3v) is 3.84. The number of hydrogen-bond donors (Lipinski definition) is 0. The Morgan fingerprint density at radius 2 is 2.07 bits per heavy atom. The van der Waals surface area contributed by atoms with E-state index < -0.39 is 0 Å². The molecule has 82 valence electrons. The molecular formula is C11H13Br2NO. The second kappa shape index (κ2) is 4.85. The van der Waals surface area contributed by atoms with E-state index in [1.807, 2.05) is 6.07 Å². The van der Waals surface area contributed by atoms with Gasteiger partial charge in [0, 0.05) is 21.1 Å². The minimum atomic E-state index is 0.947. The average Bonchev–Trinajstić information content (AvgIpc) is 2.12. The lowest BCUT2D eigenvalue weighted by atomic mass is 10.1. The molecule has 0 unspecified atom stereocenters. The van der Waals surface area contributed by atoms with Crippen LogP contribution in [0.15, 0.2) is 21.1 Å². The maximum Gasteiger partial charge on any atom is 0.125 e. The molecule has 4 heteroatoms. The van der Waals surface area contributed by atoms with Gasteiger partial charge >= 0.3 is 0 Å². The van der Waals surface area contributed by atoms with Crippen molar-refractivity contribution in [3.63, 3.8) is 0 Å². The van der Waals surface area contributed by atoms with Crippen LogP contribution in [-0.4, -0.2) is 25.1 Å². The summed E-state index contributed by atoms with van der Waals surface area (Å²) in [5, 5.41) is 0. The van der Waals surface area contributed by atoms with E-state index in [9.17, 15) is 0 Å². The highest BCUT2D eigenvalue weighted by Gasteiger charge is 2.18. The molecule has 1 aromatic carbocycles. The highest BCUT2D eigenvalue weighted by Crippen LogP contribution is 2.33. The summed E-state index contributed by atoms with van der Waals surface area (Å²) < 4.78 is 7.54. The highest BCUT2D eigenvalue weighted by atomic mass is 79.9. The molecule has 0 aromatic heterocycles. The van der Waals surface area contributed by atoms with Crippen molar-refractivity contribution in [3.05, 3.63) is 26.6 Å². The zero-order valence-electron chi connectivity index (χ0n) is 8.59. The molecule has 0 spiro atoms. The van der Waals surface area contributed by atoms with E-state index >= 15 is 0 Å². The first kappa shape index (κ1) is 11.4. The first-order valence-electron chi connectivity index (χ1n) is 4.95. The molecule has 2 nitrogen and oxygen atoms in total. The van der Waals surface area contributed by atoms with Gasteiger partial charge in [-0.1, -0.05) is 31.9 Å². The molecule has 0 bridgehead atoms. The highest BCUT2D eigenvalue weighted by molar-refractivity contribution is 9.11. The molecule has 1 aliphatic heterocycles. The number of hydrogen-bond acceptors (Lipinski definition) is 2. The van der Waals surface area contributed by atoms with Gasteiger partial charge in [0.05, 0.1) is 7.11 Å². The van der Waals surface area contributed by atoms with Gasteiger partial charge in [-0.25, -0.2) is 0 Å². The van der Waals surface area contributed by atoms with Crippen molar-refractivity contribution >= 4 is 31.9 Å². The van der Waals surface area contributed by atoms with Crippen LogP contribution in [0.3, 0.4) is 0 Å². The maximum absolute atomic E-state index is 5.39. The van der Waals surface area contributed by atoms with Gasteiger partial charge in [-0.2, -0.15) is 0 Å². The summed E-state index contributed by atoms with van der Waals surface area (Å²) in [5.41, 5.74) is 1.24. The third-order valence-electron chi connectivity index (χ3n) is 2.67. The van der Waals surface area contributed by atoms with E-state index in [2.05, 4.69) is 42.8 Å². The first-order chi connectivity index (χ1) is 7.20. The molecular weight excluding hydrogens is 322 g/mol. The summed E-state index contributed by atoms with van der Waals surface area (Å²) in [6.07, 6.45) is 1.32. The average molecular weight is 335 g/mol. The van der Waals surface area contributed by atoms with Crippen molar-refractivity contribution < 1.29 is 4.74 Å². The summed E-state index contributed by atoms with van der Waals surface area (Å²) in [5.74, 6) is 0.947. The maximum atomic E-state index is 5.39. The largest absolute Gasteiger partial charge is 0.496 e. The molecule has 2 rings (SSSR count). The standard InChI is InChI=1S/C11H13Br2NO/c1-15-11-6-8(12)5-10(13)9(11)7-14-3-2-4-14/h5-6H,2-4,7H2,1H3. The molecule has 0 amide bonds. The second-order valence-corrected chi connectivity index (χ2v) is 5.47. The number of halogens is 2. The van der Waals surface area contributed by atoms with Gasteiger partial charge in [0.1, 0.15) is 5.75 Å². The van der Waals surface area contributed by atoms with Gasteiger partial charge in [-0.3, -0.25) is 4.90 Å². The van der Waals surface area contributed by atoms with E-state index in [-0.39, 0.29) is 0 Å². The number of likely N-dealkylation sites (tertiary alicyclic amines) is 1. The number of methoxy groups -OCH3 is 1. The predicted molar refractivity (Wildman–Crippen MR) is 68.3 cm³/mol. The van der Waals surface area contributed by atoms with Gasteiger partial charge in [0.15, 0.2) is 0 Å². The van der Waals surface area contributed by atoms with Crippen LogP contribution in [0, 0.1) is 0 Å². The van der Waals surface area contributed by atoms with Crippen molar-refractivity contribution in [1.29, 1.82) is 0 Å². The lowest BCUT2D eigenvalue weighted by molar-refractivity contribution is 0.170. The Balaban J connectivity index is 2.26. The van der Waals surface area contributed by atoms with E-state index in [4.69, 9.17) is 4.74 Å². The molecule has 1 saturated heterocycles. The molecule has 1 aliphatic rings. The molecule has 0 saturated carbocycles. The van der Waals surface area contributed by atoms with E-state index in [1.165, 1.54) is 25.1 Å². The quantitative estimate of drug-likeness (QED) is 0.839. The van der Waals surface area contributed by atoms with E-state index in [0.717, 1.165) is 21.2 Å². The van der Waals surface area contributed by atoms with Gasteiger partial charge in [0.25, 0.3) is 0 Å². The van der Waals surface area contributed by atoms with Crippen LogP contribution in [0.5, 0.6) is 5.75 Å². The summed E-state index contributed by atoms with van der Waals surface area (Å²) in [6.45, 7) is 3.37. The van der Waals surface area contributed by atoms with Crippen LogP contribution < -0.4 is 4.74 Å². The molecule has 0 atom stereocenters. The van der Waals surface area contributed by atoms with Crippen molar-refractivity contribution in [3.8, 4) is 5.75 Å². The number of benzene rings is 1. The minimum Gasteiger partial charge on any atom is -0.496 e. The zero-order chi connectivity index (χ0) is 10.8. The Labute approximate surface area is 107 Å². The Bertz CT molecular complexity index is 364. The van der Waals surface area contributed by atoms with Crippen molar-refractivity contribution in [2.45, 2.75) is 13.0 Å². The molecule has 0 N–H and O–H groups in total. The molecule has 1 heterocycles. The Hall–Kier alpha value is -0.0600. The van der Waals surface area contributed by atoms with Gasteiger partial charge in [-0.05, 0) is 31.6 Å². The fourth-order valence-electron chi connectivity index (χ4n) is 1.68. The van der Waals surface area contributed by atoms with Crippen LogP contribution in [-0.2, 0) is 6.54 Å². The summed E-state index contributed by atoms with van der Waals surface area (Å²) in [4.78, 5) is 2.41. The van der Waals surface area contributed by atoms with Crippen LogP contribution >= 0.6 is 31.9 Å². The third kappa shape index (κ3) is 2.55. The van der Waals surface area contributed by atoms with E-state index in [1.54, 1.807) is 7.11 Å². The second-order valence-electron chi connectivity index (χ2n) is 3.70. The first-order valence-corrected chi connectivity index (χ1v) is 6.53. The summed E-state index contributed by atoms with van der Waals surface area (Å²) in [6, 6.07) is 4.08. The smallest absolute Gasteiger partial charge is 0.125 e. The van der Waals surface area contributed by atoms with Crippen LogP contribution in [0.1, 0.15) is 12.0 Å². The lowest BCUT2D eigenvalue weighted by Crippen LogP contribution is -2.36. The lowest BCUT2D eigenvalue weighted by Gasteiger charge is -2.31. The normalized spacial score (nSPS) is 16.2. The number of rotatable bonds is 3. The van der Waals surface area contributed by atoms with Gasteiger partial charge in [0.2, 0.25) is 0 Å². The zero-order valence-corrected chi connectivity index (χ0v) is 11.8. The van der Waals surface area contributed by atoms with Crippen LogP contribution in [0.2, 0.25) is 0 Å². The van der Waals surface area contributed by atoms with Crippen LogP contribution in [0.4, 0.5) is 0 Å². The predicted octanol–water partition coefficient (Wildman–Crippen LogP) is 3.43. The summed E-state index contributed by atoms with van der Waals surface area (Å²) >= 11 is 7.05. The minimum absolute atomic E-state index is 0.947. The number of nitrogens with zero attached hydrogens (tertiary/aromatic N) is 1. The monoisotopic (exact) mass is 333 g/mol. The van der Waals surface area contributed by atoms with Gasteiger partial charge < -0.3 is 4.74 Å². The van der Waals surface area contributed by atoms with Crippen molar-refractivity contribution in [2.75, 3.05) is 20.2 Å². The molecule has 0 radical (unpaired) electrons. The van der Waals surface area contributed by atoms with Gasteiger partial charge in [-0.15, -0.1) is 0 Å². The fraction of sp³-hybridized carbons (Fsp3) is 0.455. The summed E-state index contributed by atoms with van der Waals surface area (Å²) in [7, 11) is 1.72. The van der Waals surface area contributed by atoms with Crippen LogP contribution in [0.25, 0.3) is 0 Å². The van der Waals surface area contributed by atoms with Crippen molar-refractivity contribution in [1.82, 2.24) is 4.90 Å². The Morgan fingerprint density at radius 3 is 2.60 bits per heavy atom. The molecule has 0 aliphatic carbocycles. The molecule has 1 aromatic rings.